The van der Waals surface area contributed by atoms with Crippen molar-refractivity contribution in [3.63, 3.8) is 0 Å². The first-order chi connectivity index (χ1) is 10.2. The van der Waals surface area contributed by atoms with Crippen molar-refractivity contribution in [1.29, 1.82) is 0 Å². The lowest BCUT2D eigenvalue weighted by molar-refractivity contribution is 0.102. The largest absolute Gasteiger partial charge is 0.321 e. The van der Waals surface area contributed by atoms with Crippen molar-refractivity contribution in [3.05, 3.63) is 76.3 Å². The molecule has 3 aromatic carbocycles. The van der Waals surface area contributed by atoms with Crippen LogP contribution in [-0.2, 0) is 0 Å². The molecule has 0 unspecified atom stereocenters. The molecule has 0 spiro atoms. The molecule has 2 nitrogen and oxygen atoms in total. The normalized spacial score (nSPS) is 10.6. The molecule has 4 heteroatoms. The lowest BCUT2D eigenvalue weighted by Gasteiger charge is -2.10. The first-order valence-corrected chi connectivity index (χ1v) is 7.15. The van der Waals surface area contributed by atoms with Crippen LogP contribution in [0.1, 0.15) is 10.4 Å². The van der Waals surface area contributed by atoms with Crippen LogP contribution in [0.2, 0.25) is 10.0 Å². The number of nitrogens with one attached hydrogen (secondary N) is 1. The topological polar surface area (TPSA) is 29.1 Å². The molecule has 3 aromatic rings. The zero-order valence-corrected chi connectivity index (χ0v) is 12.4. The first kappa shape index (κ1) is 13.9. The number of hydrogen-bond donors (Lipinski definition) is 1. The van der Waals surface area contributed by atoms with Crippen molar-refractivity contribution in [1.82, 2.24) is 0 Å². The van der Waals surface area contributed by atoms with Crippen LogP contribution < -0.4 is 5.32 Å². The van der Waals surface area contributed by atoms with Gasteiger partial charge >= 0.3 is 0 Å². The highest BCUT2D eigenvalue weighted by atomic mass is 35.5. The number of carbonyl (C=O) groups excluding carboxylic acids is 1. The van der Waals surface area contributed by atoms with Crippen molar-refractivity contribution in [2.45, 2.75) is 0 Å². The average Bonchev–Trinajstić information content (AvgIpc) is 2.47. The molecular formula is C17H11Cl2NO. The van der Waals surface area contributed by atoms with Gasteiger partial charge in [-0.05, 0) is 23.6 Å². The Morgan fingerprint density at radius 2 is 1.43 bits per heavy atom. The van der Waals surface area contributed by atoms with E-state index in [0.29, 0.717) is 10.0 Å². The summed E-state index contributed by atoms with van der Waals surface area (Å²) < 4.78 is 0. The monoisotopic (exact) mass is 315 g/mol. The van der Waals surface area contributed by atoms with Gasteiger partial charge in [-0.1, -0.05) is 65.7 Å². The molecule has 0 bridgehead atoms. The Morgan fingerprint density at radius 1 is 0.810 bits per heavy atom. The standard InChI is InChI=1S/C17H11Cl2NO/c18-13-8-4-9-14(19)16(13)17(21)20-15-10-3-6-11-5-1-2-7-12(11)15/h1-10H,(H,20,21). The maximum atomic E-state index is 12.4. The second-order valence-electron chi connectivity index (χ2n) is 4.58. The average molecular weight is 316 g/mol. The van der Waals surface area contributed by atoms with Gasteiger partial charge in [0.25, 0.3) is 5.91 Å². The van der Waals surface area contributed by atoms with Gasteiger partial charge in [-0.15, -0.1) is 0 Å². The highest BCUT2D eigenvalue weighted by molar-refractivity contribution is 6.40. The van der Waals surface area contributed by atoms with Crippen LogP contribution in [0.5, 0.6) is 0 Å². The number of benzene rings is 3. The summed E-state index contributed by atoms with van der Waals surface area (Å²) in [6, 6.07) is 18.6. The summed E-state index contributed by atoms with van der Waals surface area (Å²) in [7, 11) is 0. The van der Waals surface area contributed by atoms with E-state index >= 15 is 0 Å². The Labute approximate surface area is 132 Å². The van der Waals surface area contributed by atoms with Crippen LogP contribution in [0.3, 0.4) is 0 Å². The van der Waals surface area contributed by atoms with Gasteiger partial charge in [0.05, 0.1) is 15.6 Å². The lowest BCUT2D eigenvalue weighted by atomic mass is 10.1. The summed E-state index contributed by atoms with van der Waals surface area (Å²) >= 11 is 12.1. The Hall–Kier alpha value is -2.03. The predicted molar refractivity (Wildman–Crippen MR) is 88.4 cm³/mol. The van der Waals surface area contributed by atoms with Crippen molar-refractivity contribution in [2.75, 3.05) is 5.32 Å². The van der Waals surface area contributed by atoms with Gasteiger partial charge in [-0.2, -0.15) is 0 Å². The molecular weight excluding hydrogens is 305 g/mol. The molecule has 0 saturated carbocycles. The minimum absolute atomic E-state index is 0.286. The molecule has 21 heavy (non-hydrogen) atoms. The Kier molecular flexibility index (Phi) is 3.82. The predicted octanol–water partition coefficient (Wildman–Crippen LogP) is 5.40. The summed E-state index contributed by atoms with van der Waals surface area (Å²) in [5.41, 5.74) is 1.02. The third-order valence-corrected chi connectivity index (χ3v) is 3.86. The molecule has 0 aliphatic carbocycles. The number of halogens is 2. The van der Waals surface area contributed by atoms with Crippen molar-refractivity contribution in [3.8, 4) is 0 Å². The molecule has 0 aromatic heterocycles. The molecule has 0 saturated heterocycles. The minimum Gasteiger partial charge on any atom is -0.321 e. The van der Waals surface area contributed by atoms with E-state index in [-0.39, 0.29) is 11.5 Å². The van der Waals surface area contributed by atoms with Crippen LogP contribution in [0.15, 0.2) is 60.7 Å². The van der Waals surface area contributed by atoms with E-state index < -0.39 is 0 Å². The molecule has 0 aliphatic rings. The highest BCUT2D eigenvalue weighted by Gasteiger charge is 2.15. The fourth-order valence-electron chi connectivity index (χ4n) is 2.23. The molecule has 104 valence electrons. The third kappa shape index (κ3) is 2.73. The number of fused-ring (bicyclic) bond motifs is 1. The van der Waals surface area contributed by atoms with Gasteiger partial charge in [-0.25, -0.2) is 0 Å². The Balaban J connectivity index is 2.01. The fourth-order valence-corrected chi connectivity index (χ4v) is 2.80. The smallest absolute Gasteiger partial charge is 0.258 e. The van der Waals surface area contributed by atoms with E-state index in [9.17, 15) is 4.79 Å². The molecule has 0 radical (unpaired) electrons. The van der Waals surface area contributed by atoms with E-state index in [1.807, 2.05) is 42.5 Å². The van der Waals surface area contributed by atoms with Crippen LogP contribution in [0.25, 0.3) is 10.8 Å². The maximum absolute atomic E-state index is 12.4. The Morgan fingerprint density at radius 3 is 2.19 bits per heavy atom. The van der Waals surface area contributed by atoms with Crippen LogP contribution >= 0.6 is 23.2 Å². The molecule has 0 heterocycles. The van der Waals surface area contributed by atoms with E-state index in [2.05, 4.69) is 5.32 Å². The zero-order valence-electron chi connectivity index (χ0n) is 10.9. The molecule has 3 rings (SSSR count). The lowest BCUT2D eigenvalue weighted by Crippen LogP contribution is -2.13. The Bertz CT molecular complexity index is 804. The summed E-state index contributed by atoms with van der Waals surface area (Å²) in [6.45, 7) is 0. The van der Waals surface area contributed by atoms with Gasteiger partial charge in [0.15, 0.2) is 0 Å². The first-order valence-electron chi connectivity index (χ1n) is 6.40. The minimum atomic E-state index is -0.318. The molecule has 1 N–H and O–H groups in total. The molecule has 1 amide bonds. The van der Waals surface area contributed by atoms with E-state index in [0.717, 1.165) is 16.5 Å². The second-order valence-corrected chi connectivity index (χ2v) is 5.39. The van der Waals surface area contributed by atoms with Gasteiger partial charge in [0.1, 0.15) is 0 Å². The van der Waals surface area contributed by atoms with Crippen molar-refractivity contribution >= 4 is 45.6 Å². The summed E-state index contributed by atoms with van der Waals surface area (Å²) in [4.78, 5) is 12.4. The van der Waals surface area contributed by atoms with Crippen molar-refractivity contribution in [2.24, 2.45) is 0 Å². The second kappa shape index (κ2) is 5.76. The third-order valence-electron chi connectivity index (χ3n) is 3.23. The quantitative estimate of drug-likeness (QED) is 0.674. The number of rotatable bonds is 2. The summed E-state index contributed by atoms with van der Waals surface area (Å²) in [6.07, 6.45) is 0. The number of anilines is 1. The SMILES string of the molecule is O=C(Nc1cccc2ccccc12)c1c(Cl)cccc1Cl. The van der Waals surface area contributed by atoms with Crippen LogP contribution in [-0.4, -0.2) is 5.91 Å². The number of carbonyl (C=O) groups is 1. The maximum Gasteiger partial charge on any atom is 0.258 e. The van der Waals surface area contributed by atoms with E-state index in [4.69, 9.17) is 23.2 Å². The highest BCUT2D eigenvalue weighted by Crippen LogP contribution is 2.27. The summed E-state index contributed by atoms with van der Waals surface area (Å²) in [5.74, 6) is -0.318. The molecule has 0 atom stereocenters. The molecule has 0 fully saturated rings. The van der Waals surface area contributed by atoms with E-state index in [1.54, 1.807) is 18.2 Å². The van der Waals surface area contributed by atoms with Crippen molar-refractivity contribution < 1.29 is 4.79 Å². The number of hydrogen-bond acceptors (Lipinski definition) is 1. The van der Waals surface area contributed by atoms with Gasteiger partial charge in [0, 0.05) is 11.1 Å². The van der Waals surface area contributed by atoms with Crippen LogP contribution in [0, 0.1) is 0 Å². The van der Waals surface area contributed by atoms with Gasteiger partial charge in [-0.3, -0.25) is 4.79 Å². The fraction of sp³-hybridized carbons (Fsp3) is 0. The summed E-state index contributed by atoms with van der Waals surface area (Å²) in [5, 5.41) is 5.57. The zero-order chi connectivity index (χ0) is 14.8. The van der Waals surface area contributed by atoms with Gasteiger partial charge in [0.2, 0.25) is 0 Å². The number of amides is 1. The van der Waals surface area contributed by atoms with E-state index in [1.165, 1.54) is 0 Å². The molecule has 0 aliphatic heterocycles. The van der Waals surface area contributed by atoms with Crippen LogP contribution in [0.4, 0.5) is 5.69 Å². The van der Waals surface area contributed by atoms with Gasteiger partial charge < -0.3 is 5.32 Å².